The van der Waals surface area contributed by atoms with E-state index < -0.39 is 17.8 Å². The first-order chi connectivity index (χ1) is 12.3. The van der Waals surface area contributed by atoms with E-state index in [1.54, 1.807) is 11.9 Å². The first kappa shape index (κ1) is 18.4. The zero-order valence-corrected chi connectivity index (χ0v) is 14.6. The van der Waals surface area contributed by atoms with E-state index in [2.05, 4.69) is 9.97 Å². The summed E-state index contributed by atoms with van der Waals surface area (Å²) in [6.45, 7) is 0.205. The van der Waals surface area contributed by atoms with Gasteiger partial charge in [0.25, 0.3) is 0 Å². The summed E-state index contributed by atoms with van der Waals surface area (Å²) >= 11 is 1.50. The van der Waals surface area contributed by atoms with Crippen molar-refractivity contribution in [3.63, 3.8) is 0 Å². The molecule has 0 aliphatic rings. The van der Waals surface area contributed by atoms with Crippen LogP contribution < -0.4 is 9.64 Å². The first-order valence-corrected chi connectivity index (χ1v) is 8.60. The van der Waals surface area contributed by atoms with Crippen molar-refractivity contribution in [2.24, 2.45) is 0 Å². The summed E-state index contributed by atoms with van der Waals surface area (Å²) in [4.78, 5) is 11.1. The van der Waals surface area contributed by atoms with E-state index in [0.717, 1.165) is 22.3 Å². The number of halogens is 3. The number of fused-ring (bicyclic) bond motifs is 1. The molecule has 9 heteroatoms. The summed E-state index contributed by atoms with van der Waals surface area (Å²) in [6, 6.07) is 6.28. The van der Waals surface area contributed by atoms with Crippen LogP contribution in [0, 0.1) is 0 Å². The Morgan fingerprint density at radius 3 is 2.62 bits per heavy atom. The number of benzene rings is 1. The lowest BCUT2D eigenvalue weighted by molar-refractivity contribution is -0.137. The number of hydrogen-bond acceptors (Lipinski definition) is 6. The molecule has 1 unspecified atom stereocenters. The van der Waals surface area contributed by atoms with Crippen molar-refractivity contribution in [3.8, 4) is 5.75 Å². The number of nitrogens with zero attached hydrogens (tertiary/aromatic N) is 3. The average molecular weight is 383 g/mol. The molecule has 0 bridgehead atoms. The SMILES string of the molecule is CN(CC(O)COc1ccc(C(F)(F)F)cc1)c1ncnc2sccc12. The molecular formula is C17H16F3N3O2S. The molecule has 3 rings (SSSR count). The lowest BCUT2D eigenvalue weighted by Gasteiger charge is -2.22. The maximum absolute atomic E-state index is 12.5. The molecule has 0 saturated carbocycles. The van der Waals surface area contributed by atoms with Crippen LogP contribution in [0.3, 0.4) is 0 Å². The Morgan fingerprint density at radius 1 is 1.19 bits per heavy atom. The van der Waals surface area contributed by atoms with Crippen molar-refractivity contribution in [1.82, 2.24) is 9.97 Å². The maximum Gasteiger partial charge on any atom is 0.416 e. The van der Waals surface area contributed by atoms with E-state index in [1.807, 2.05) is 11.4 Å². The Bertz CT molecular complexity index is 868. The fourth-order valence-electron chi connectivity index (χ4n) is 2.47. The summed E-state index contributed by atoms with van der Waals surface area (Å²) in [5.74, 6) is 0.965. The minimum absolute atomic E-state index is 0.0480. The fraction of sp³-hybridized carbons (Fsp3) is 0.294. The van der Waals surface area contributed by atoms with Gasteiger partial charge in [-0.3, -0.25) is 0 Å². The molecule has 0 saturated heterocycles. The summed E-state index contributed by atoms with van der Waals surface area (Å²) in [7, 11) is 1.79. The Hall–Kier alpha value is -2.39. The Balaban J connectivity index is 1.57. The molecular weight excluding hydrogens is 367 g/mol. The molecule has 26 heavy (non-hydrogen) atoms. The highest BCUT2D eigenvalue weighted by atomic mass is 32.1. The van der Waals surface area contributed by atoms with Gasteiger partial charge < -0.3 is 14.7 Å². The van der Waals surface area contributed by atoms with Crippen LogP contribution in [0.25, 0.3) is 10.2 Å². The maximum atomic E-state index is 12.5. The third-order valence-corrected chi connectivity index (χ3v) is 4.53. The van der Waals surface area contributed by atoms with Crippen LogP contribution in [0.2, 0.25) is 0 Å². The number of rotatable bonds is 6. The highest BCUT2D eigenvalue weighted by Gasteiger charge is 2.30. The molecule has 0 amide bonds. The standard InChI is InChI=1S/C17H16F3N3O2S/c1-23(15-14-6-7-26-16(14)22-10-21-15)8-12(24)9-25-13-4-2-11(3-5-13)17(18,19)20/h2-7,10,12,24H,8-9H2,1H3. The molecule has 2 heterocycles. The summed E-state index contributed by atoms with van der Waals surface area (Å²) in [5.41, 5.74) is -0.742. The lowest BCUT2D eigenvalue weighted by Crippen LogP contribution is -2.33. The molecule has 2 aromatic heterocycles. The van der Waals surface area contributed by atoms with E-state index in [0.29, 0.717) is 5.82 Å². The van der Waals surface area contributed by atoms with Crippen LogP contribution in [0.15, 0.2) is 42.0 Å². The fourth-order valence-corrected chi connectivity index (χ4v) is 3.20. The number of thiophene rings is 1. The Kier molecular flexibility index (Phi) is 5.28. The van der Waals surface area contributed by atoms with E-state index in [4.69, 9.17) is 4.74 Å². The van der Waals surface area contributed by atoms with E-state index in [-0.39, 0.29) is 18.9 Å². The average Bonchev–Trinajstić information content (AvgIpc) is 3.08. The lowest BCUT2D eigenvalue weighted by atomic mass is 10.2. The number of alkyl halides is 3. The molecule has 3 aromatic rings. The molecule has 0 radical (unpaired) electrons. The van der Waals surface area contributed by atoms with E-state index in [9.17, 15) is 18.3 Å². The topological polar surface area (TPSA) is 58.5 Å². The molecule has 1 aromatic carbocycles. The van der Waals surface area contributed by atoms with Crippen molar-refractivity contribution in [1.29, 1.82) is 0 Å². The van der Waals surface area contributed by atoms with Crippen LogP contribution >= 0.6 is 11.3 Å². The number of likely N-dealkylation sites (N-methyl/N-ethyl adjacent to an activating group) is 1. The van der Waals surface area contributed by atoms with Gasteiger partial charge in [0.1, 0.15) is 35.4 Å². The van der Waals surface area contributed by atoms with Gasteiger partial charge in [-0.2, -0.15) is 13.2 Å². The minimum atomic E-state index is -4.38. The van der Waals surface area contributed by atoms with Gasteiger partial charge in [0.15, 0.2) is 0 Å². The number of aliphatic hydroxyl groups excluding tert-OH is 1. The first-order valence-electron chi connectivity index (χ1n) is 7.72. The molecule has 0 aliphatic heterocycles. The van der Waals surface area contributed by atoms with Crippen molar-refractivity contribution in [2.75, 3.05) is 25.1 Å². The van der Waals surface area contributed by atoms with Gasteiger partial charge in [-0.05, 0) is 35.7 Å². The normalized spacial score (nSPS) is 13.0. The van der Waals surface area contributed by atoms with Crippen LogP contribution in [-0.4, -0.2) is 41.4 Å². The summed E-state index contributed by atoms with van der Waals surface area (Å²) in [6.07, 6.45) is -3.76. The quantitative estimate of drug-likeness (QED) is 0.705. The van der Waals surface area contributed by atoms with Gasteiger partial charge in [0.2, 0.25) is 0 Å². The van der Waals surface area contributed by atoms with E-state index in [1.165, 1.54) is 29.8 Å². The van der Waals surface area contributed by atoms with Crippen LogP contribution in [0.4, 0.5) is 19.0 Å². The summed E-state index contributed by atoms with van der Waals surface area (Å²) < 4.78 is 43.0. The van der Waals surface area contributed by atoms with Gasteiger partial charge in [-0.25, -0.2) is 9.97 Å². The number of aliphatic hydroxyl groups is 1. The molecule has 1 N–H and O–H groups in total. The number of ether oxygens (including phenoxy) is 1. The smallest absolute Gasteiger partial charge is 0.416 e. The van der Waals surface area contributed by atoms with Gasteiger partial charge in [-0.1, -0.05) is 0 Å². The monoisotopic (exact) mass is 383 g/mol. The Labute approximate surface area is 151 Å². The van der Waals surface area contributed by atoms with Crippen molar-refractivity contribution in [2.45, 2.75) is 12.3 Å². The molecule has 1 atom stereocenters. The molecule has 0 spiro atoms. The molecule has 0 fully saturated rings. The molecule has 5 nitrogen and oxygen atoms in total. The van der Waals surface area contributed by atoms with E-state index >= 15 is 0 Å². The largest absolute Gasteiger partial charge is 0.491 e. The predicted octanol–water partition coefficient (Wildman–Crippen LogP) is 3.59. The van der Waals surface area contributed by atoms with Crippen molar-refractivity contribution in [3.05, 3.63) is 47.6 Å². The second kappa shape index (κ2) is 7.46. The van der Waals surface area contributed by atoms with Crippen molar-refractivity contribution < 1.29 is 23.0 Å². The second-order valence-corrected chi connectivity index (χ2v) is 6.60. The zero-order valence-electron chi connectivity index (χ0n) is 13.8. The van der Waals surface area contributed by atoms with Gasteiger partial charge >= 0.3 is 6.18 Å². The molecule has 138 valence electrons. The zero-order chi connectivity index (χ0) is 18.7. The number of aromatic nitrogens is 2. The highest BCUT2D eigenvalue weighted by Crippen LogP contribution is 2.30. The van der Waals surface area contributed by atoms with Crippen LogP contribution in [0.5, 0.6) is 5.75 Å². The second-order valence-electron chi connectivity index (χ2n) is 5.70. The van der Waals surface area contributed by atoms with Crippen LogP contribution in [0.1, 0.15) is 5.56 Å². The molecule has 0 aliphatic carbocycles. The number of hydrogen-bond donors (Lipinski definition) is 1. The third kappa shape index (κ3) is 4.23. The summed E-state index contributed by atoms with van der Waals surface area (Å²) in [5, 5.41) is 13.0. The van der Waals surface area contributed by atoms with Crippen LogP contribution in [-0.2, 0) is 6.18 Å². The number of anilines is 1. The van der Waals surface area contributed by atoms with Gasteiger partial charge in [-0.15, -0.1) is 11.3 Å². The Morgan fingerprint density at radius 2 is 1.92 bits per heavy atom. The van der Waals surface area contributed by atoms with Crippen molar-refractivity contribution >= 4 is 27.4 Å². The van der Waals surface area contributed by atoms with Gasteiger partial charge in [0.05, 0.1) is 10.9 Å². The highest BCUT2D eigenvalue weighted by molar-refractivity contribution is 7.16. The minimum Gasteiger partial charge on any atom is -0.491 e. The van der Waals surface area contributed by atoms with Gasteiger partial charge in [0, 0.05) is 13.6 Å². The predicted molar refractivity (Wildman–Crippen MR) is 93.6 cm³/mol. The third-order valence-electron chi connectivity index (χ3n) is 3.71.